The molecule has 2 fully saturated rings. The molecular formula is C63H70O15S2. The number of carbonyl (C=O) groups excluding carboxylic acids is 6. The van der Waals surface area contributed by atoms with E-state index in [0.29, 0.717) is 122 Å². The van der Waals surface area contributed by atoms with Gasteiger partial charge >= 0.3 is 35.8 Å². The van der Waals surface area contributed by atoms with Gasteiger partial charge in [0.25, 0.3) is 0 Å². The first-order valence-electron chi connectivity index (χ1n) is 27.8. The Bertz CT molecular complexity index is 2810. The summed E-state index contributed by atoms with van der Waals surface area (Å²) in [4.78, 5) is 78.0. The van der Waals surface area contributed by atoms with Crippen LogP contribution in [0.4, 0.5) is 0 Å². The largest absolute Gasteiger partial charge is 0.494 e. The van der Waals surface area contributed by atoms with Crippen molar-refractivity contribution in [1.29, 1.82) is 0 Å². The van der Waals surface area contributed by atoms with Gasteiger partial charge in [0.05, 0.1) is 59.9 Å². The van der Waals surface area contributed by atoms with Crippen molar-refractivity contribution in [2.24, 2.45) is 23.7 Å². The van der Waals surface area contributed by atoms with Gasteiger partial charge in [-0.15, -0.1) is 0 Å². The van der Waals surface area contributed by atoms with Crippen LogP contribution in [0.15, 0.2) is 118 Å². The van der Waals surface area contributed by atoms with E-state index in [4.69, 9.17) is 42.3 Å². The summed E-state index contributed by atoms with van der Waals surface area (Å²) in [7, 11) is 0. The van der Waals surface area contributed by atoms with Crippen molar-refractivity contribution < 1.29 is 71.1 Å². The van der Waals surface area contributed by atoms with Crippen molar-refractivity contribution in [1.82, 2.24) is 0 Å². The minimum absolute atomic E-state index is 0.265. The van der Waals surface area contributed by atoms with E-state index in [1.165, 1.54) is 23.5 Å². The molecule has 17 heteroatoms. The minimum atomic E-state index is -0.427. The van der Waals surface area contributed by atoms with Crippen LogP contribution in [0.1, 0.15) is 124 Å². The lowest BCUT2D eigenvalue weighted by atomic mass is 9.82. The number of aryl methyl sites for hydroxylation is 2. The number of ether oxygens (including phenoxy) is 8. The number of carbonyl (C=O) groups is 6. The van der Waals surface area contributed by atoms with Gasteiger partial charge in [0.1, 0.15) is 50.4 Å². The lowest BCUT2D eigenvalue weighted by Gasteiger charge is -2.26. The van der Waals surface area contributed by atoms with Crippen LogP contribution >= 0.6 is 23.5 Å². The topological polar surface area (TPSA) is 189 Å². The van der Waals surface area contributed by atoms with Crippen molar-refractivity contribution in [2.75, 3.05) is 26.4 Å². The first-order chi connectivity index (χ1) is 38.8. The number of benzene rings is 4. The van der Waals surface area contributed by atoms with Crippen LogP contribution in [0, 0.1) is 37.5 Å². The predicted octanol–water partition coefficient (Wildman–Crippen LogP) is 13.9. The third-order valence-electron chi connectivity index (χ3n) is 14.5. The molecule has 1 aliphatic heterocycles. The SMILES string of the molecule is C=CC(=O)OCCCCCCOc1ccc(OC(=O)C2CCC(C(=O)Oc3ccc(OC(=O)C4CCC(C(=O)Oc5ccc(OCCCCCCOC(=O)C=C)cc5)CC4)c4c3SC(c3cc5c(C)cc(C)cc5o3)S4)CC2)cc1. The summed E-state index contributed by atoms with van der Waals surface area (Å²) in [6.45, 7) is 12.7. The van der Waals surface area contributed by atoms with Gasteiger partial charge in [-0.05, 0) is 201 Å². The Hall–Kier alpha value is -6.98. The standard InChI is InChI=1S/C63H70O15S2/c1-5-55(64)72-35-13-9-7-11-33-70-46-23-27-48(28-24-46)74-59(66)42-15-19-44(20-16-42)61(68)77-51-31-32-52(58-57(51)79-63(80-58)54-39-50-41(4)37-40(3)38-53(50)76-54)78-62(69)45-21-17-43(18-22-45)60(67)75-49-29-25-47(26-30-49)71-34-12-8-10-14-36-73-56(65)6-2/h5-6,23-32,37-39,42-45,63H,1-2,7-22,33-36H2,3-4H3. The van der Waals surface area contributed by atoms with E-state index >= 15 is 0 Å². The molecule has 0 N–H and O–H groups in total. The van der Waals surface area contributed by atoms with Gasteiger partial charge in [0.15, 0.2) is 0 Å². The number of fused-ring (bicyclic) bond motifs is 2. The Morgan fingerprint density at radius 1 is 0.487 bits per heavy atom. The fourth-order valence-electron chi connectivity index (χ4n) is 9.97. The number of furan rings is 1. The van der Waals surface area contributed by atoms with Crippen molar-refractivity contribution in [2.45, 2.75) is 131 Å². The highest BCUT2D eigenvalue weighted by atomic mass is 32.2. The number of thioether (sulfide) groups is 2. The van der Waals surface area contributed by atoms with E-state index in [1.54, 1.807) is 60.7 Å². The summed E-state index contributed by atoms with van der Waals surface area (Å²) in [6.07, 6.45) is 13.0. The molecular weight excluding hydrogens is 1060 g/mol. The molecule has 424 valence electrons. The normalized spacial score (nSPS) is 18.5. The zero-order valence-corrected chi connectivity index (χ0v) is 47.2. The molecule has 2 saturated carbocycles. The van der Waals surface area contributed by atoms with Gasteiger partial charge in [-0.1, -0.05) is 42.7 Å². The van der Waals surface area contributed by atoms with Crippen molar-refractivity contribution >= 4 is 70.3 Å². The monoisotopic (exact) mass is 1130 g/mol. The lowest BCUT2D eigenvalue weighted by molar-refractivity contribution is -0.145. The molecule has 80 heavy (non-hydrogen) atoms. The van der Waals surface area contributed by atoms with E-state index in [2.05, 4.69) is 26.1 Å². The van der Waals surface area contributed by atoms with Crippen LogP contribution in [0.3, 0.4) is 0 Å². The van der Waals surface area contributed by atoms with Crippen LogP contribution < -0.4 is 28.4 Å². The van der Waals surface area contributed by atoms with Crippen LogP contribution in [-0.2, 0) is 38.2 Å². The van der Waals surface area contributed by atoms with Crippen molar-refractivity contribution in [3.63, 3.8) is 0 Å². The molecule has 3 aliphatic rings. The van der Waals surface area contributed by atoms with E-state index in [0.717, 1.165) is 91.4 Å². The average Bonchev–Trinajstić information content (AvgIpc) is 4.14. The summed E-state index contributed by atoms with van der Waals surface area (Å²) in [6, 6.07) is 23.4. The second kappa shape index (κ2) is 29.5. The van der Waals surface area contributed by atoms with E-state index in [1.807, 2.05) is 19.1 Å². The zero-order valence-electron chi connectivity index (χ0n) is 45.5. The summed E-state index contributed by atoms with van der Waals surface area (Å²) in [5.74, 6) is -0.238. The maximum atomic E-state index is 13.9. The van der Waals surface area contributed by atoms with E-state index in [-0.39, 0.29) is 40.3 Å². The minimum Gasteiger partial charge on any atom is -0.494 e. The highest BCUT2D eigenvalue weighted by Gasteiger charge is 2.38. The predicted molar refractivity (Wildman–Crippen MR) is 303 cm³/mol. The molecule has 15 nitrogen and oxygen atoms in total. The Morgan fingerprint density at radius 2 is 0.863 bits per heavy atom. The molecule has 2 heterocycles. The summed E-state index contributed by atoms with van der Waals surface area (Å²) >= 11 is 2.96. The van der Waals surface area contributed by atoms with Gasteiger partial charge in [0, 0.05) is 17.5 Å². The Balaban J connectivity index is 0.808. The molecule has 0 amide bonds. The first-order valence-corrected chi connectivity index (χ1v) is 29.5. The Labute approximate surface area is 475 Å². The van der Waals surface area contributed by atoms with Gasteiger partial charge in [-0.25, -0.2) is 9.59 Å². The van der Waals surface area contributed by atoms with Crippen LogP contribution in [-0.4, -0.2) is 62.2 Å². The second-order valence-electron chi connectivity index (χ2n) is 20.4. The van der Waals surface area contributed by atoms with Gasteiger partial charge in [-0.2, -0.15) is 0 Å². The number of hydrogen-bond acceptors (Lipinski definition) is 17. The summed E-state index contributed by atoms with van der Waals surface area (Å²) in [5.41, 5.74) is 2.97. The zero-order chi connectivity index (χ0) is 56.4. The molecule has 4 aromatic carbocycles. The maximum Gasteiger partial charge on any atom is 0.330 e. The highest BCUT2D eigenvalue weighted by molar-refractivity contribution is 8.19. The number of hydrogen-bond donors (Lipinski definition) is 0. The molecule has 0 bridgehead atoms. The molecule has 0 atom stereocenters. The second-order valence-corrected chi connectivity index (χ2v) is 23.0. The third kappa shape index (κ3) is 16.8. The third-order valence-corrected chi connectivity index (χ3v) is 17.3. The molecule has 2 aliphatic carbocycles. The van der Waals surface area contributed by atoms with Gasteiger partial charge < -0.3 is 42.3 Å². The van der Waals surface area contributed by atoms with Gasteiger partial charge in [0.2, 0.25) is 0 Å². The molecule has 8 rings (SSSR count). The maximum absolute atomic E-state index is 13.9. The molecule has 0 spiro atoms. The number of esters is 6. The quantitative estimate of drug-likeness (QED) is 0.0209. The van der Waals surface area contributed by atoms with Crippen LogP contribution in [0.25, 0.3) is 11.0 Å². The number of rotatable bonds is 27. The number of unbranched alkanes of at least 4 members (excludes halogenated alkanes) is 6. The van der Waals surface area contributed by atoms with Crippen LogP contribution in [0.2, 0.25) is 0 Å². The fraction of sp³-hybridized carbons (Fsp3) is 0.429. The summed E-state index contributed by atoms with van der Waals surface area (Å²) in [5, 5.41) is 1.01. The Morgan fingerprint density at radius 3 is 1.26 bits per heavy atom. The fourth-order valence-corrected chi connectivity index (χ4v) is 12.8. The summed E-state index contributed by atoms with van der Waals surface area (Å²) < 4.78 is 51.7. The van der Waals surface area contributed by atoms with Crippen LogP contribution in [0.5, 0.6) is 34.5 Å². The highest BCUT2D eigenvalue weighted by Crippen LogP contribution is 2.63. The first kappa shape index (κ1) is 59.1. The molecule has 0 radical (unpaired) electrons. The van der Waals surface area contributed by atoms with Gasteiger partial charge in [-0.3, -0.25) is 19.2 Å². The smallest absolute Gasteiger partial charge is 0.330 e. The average molecular weight is 1130 g/mol. The molecule has 5 aromatic rings. The molecule has 1 aromatic heterocycles. The molecule has 0 unspecified atom stereocenters. The molecule has 0 saturated heterocycles. The van der Waals surface area contributed by atoms with E-state index in [9.17, 15) is 28.8 Å². The Kier molecular flexibility index (Phi) is 21.8. The van der Waals surface area contributed by atoms with Crippen molar-refractivity contribution in [3.05, 3.63) is 121 Å². The van der Waals surface area contributed by atoms with Crippen molar-refractivity contribution in [3.8, 4) is 34.5 Å². The van der Waals surface area contributed by atoms with E-state index < -0.39 is 23.8 Å². The lowest BCUT2D eigenvalue weighted by Crippen LogP contribution is -2.30.